The second kappa shape index (κ2) is 5.92. The van der Waals surface area contributed by atoms with Crippen LogP contribution >= 0.6 is 0 Å². The Morgan fingerprint density at radius 1 is 1.73 bits per heavy atom. The molecule has 0 fully saturated rings. The third kappa shape index (κ3) is 5.61. The summed E-state index contributed by atoms with van der Waals surface area (Å²) in [5, 5.41) is 5.68. The third-order valence-corrected chi connectivity index (χ3v) is 1.31. The molecule has 0 saturated heterocycles. The molecule has 0 aromatic carbocycles. The fraction of sp³-hybridized carbons (Fsp3) is 0.625. The van der Waals surface area contributed by atoms with Crippen molar-refractivity contribution in [1.29, 1.82) is 0 Å². The summed E-state index contributed by atoms with van der Waals surface area (Å²) in [6, 6.07) is 0.192. The first-order valence-corrected chi connectivity index (χ1v) is 3.83. The molecular weight excluding hydrogens is 140 g/mol. The van der Waals surface area contributed by atoms with Crippen molar-refractivity contribution in [2.24, 2.45) is 0 Å². The minimum absolute atomic E-state index is 0.0289. The van der Waals surface area contributed by atoms with Gasteiger partial charge in [-0.2, -0.15) is 0 Å². The van der Waals surface area contributed by atoms with Gasteiger partial charge in [-0.1, -0.05) is 6.08 Å². The van der Waals surface area contributed by atoms with Crippen LogP contribution in [0.5, 0.6) is 0 Å². The minimum Gasteiger partial charge on any atom is -0.355 e. The van der Waals surface area contributed by atoms with Gasteiger partial charge in [0.25, 0.3) is 0 Å². The molecule has 0 saturated carbocycles. The Kier molecular flexibility index (Phi) is 5.47. The van der Waals surface area contributed by atoms with E-state index in [1.54, 1.807) is 6.08 Å². The van der Waals surface area contributed by atoms with Gasteiger partial charge in [0.15, 0.2) is 0 Å². The standard InChI is InChI=1S/C8H16N2O/c1-4-7(3)10-6-8(11)9-5-2/h4,7,10H,1,5-6H2,2-3H3,(H,9,11). The largest absolute Gasteiger partial charge is 0.355 e. The Bertz CT molecular complexity index is 134. The number of hydrogen-bond donors (Lipinski definition) is 2. The van der Waals surface area contributed by atoms with E-state index in [4.69, 9.17) is 0 Å². The Balaban J connectivity index is 3.37. The van der Waals surface area contributed by atoms with Gasteiger partial charge in [0, 0.05) is 12.6 Å². The Hall–Kier alpha value is -0.830. The van der Waals surface area contributed by atoms with Crippen molar-refractivity contribution in [1.82, 2.24) is 10.6 Å². The minimum atomic E-state index is 0.0289. The van der Waals surface area contributed by atoms with Crippen LogP contribution in [0.25, 0.3) is 0 Å². The second-order valence-corrected chi connectivity index (χ2v) is 2.36. The van der Waals surface area contributed by atoms with Crippen molar-refractivity contribution in [3.63, 3.8) is 0 Å². The van der Waals surface area contributed by atoms with E-state index in [-0.39, 0.29) is 11.9 Å². The Morgan fingerprint density at radius 3 is 2.82 bits per heavy atom. The lowest BCUT2D eigenvalue weighted by Crippen LogP contribution is -2.37. The number of carbonyl (C=O) groups excluding carboxylic acids is 1. The highest BCUT2D eigenvalue weighted by Crippen LogP contribution is 1.78. The van der Waals surface area contributed by atoms with Crippen molar-refractivity contribution in [2.45, 2.75) is 19.9 Å². The van der Waals surface area contributed by atoms with Gasteiger partial charge < -0.3 is 10.6 Å². The molecule has 0 aliphatic heterocycles. The van der Waals surface area contributed by atoms with E-state index in [1.165, 1.54) is 0 Å². The van der Waals surface area contributed by atoms with Crippen LogP contribution in [0, 0.1) is 0 Å². The summed E-state index contributed by atoms with van der Waals surface area (Å²) in [6.45, 7) is 8.48. The van der Waals surface area contributed by atoms with Gasteiger partial charge in [-0.15, -0.1) is 6.58 Å². The molecule has 0 aromatic rings. The lowest BCUT2D eigenvalue weighted by Gasteiger charge is -2.07. The molecule has 0 rings (SSSR count). The second-order valence-electron chi connectivity index (χ2n) is 2.36. The molecule has 0 aromatic heterocycles. The van der Waals surface area contributed by atoms with Crippen LogP contribution < -0.4 is 10.6 Å². The molecule has 0 spiro atoms. The highest BCUT2D eigenvalue weighted by Gasteiger charge is 1.99. The SMILES string of the molecule is C=CC(C)NCC(=O)NCC. The predicted molar refractivity (Wildman–Crippen MR) is 46.3 cm³/mol. The first-order valence-electron chi connectivity index (χ1n) is 3.83. The van der Waals surface area contributed by atoms with Crippen molar-refractivity contribution >= 4 is 5.91 Å². The molecule has 0 radical (unpaired) electrons. The van der Waals surface area contributed by atoms with Crippen LogP contribution in [0.1, 0.15) is 13.8 Å². The smallest absolute Gasteiger partial charge is 0.233 e. The topological polar surface area (TPSA) is 41.1 Å². The molecular formula is C8H16N2O. The van der Waals surface area contributed by atoms with Gasteiger partial charge in [0.05, 0.1) is 6.54 Å². The summed E-state index contributed by atoms with van der Waals surface area (Å²) >= 11 is 0. The molecule has 11 heavy (non-hydrogen) atoms. The number of likely N-dealkylation sites (N-methyl/N-ethyl adjacent to an activating group) is 1. The molecule has 2 N–H and O–H groups in total. The zero-order valence-corrected chi connectivity index (χ0v) is 7.18. The number of amides is 1. The highest BCUT2D eigenvalue weighted by atomic mass is 16.1. The van der Waals surface area contributed by atoms with Crippen LogP contribution in [-0.2, 0) is 4.79 Å². The lowest BCUT2D eigenvalue weighted by molar-refractivity contribution is -0.120. The highest BCUT2D eigenvalue weighted by molar-refractivity contribution is 5.77. The van der Waals surface area contributed by atoms with E-state index < -0.39 is 0 Å². The molecule has 3 heteroatoms. The number of nitrogens with one attached hydrogen (secondary N) is 2. The summed E-state index contributed by atoms with van der Waals surface area (Å²) in [5.41, 5.74) is 0. The Labute approximate surface area is 67.9 Å². The summed E-state index contributed by atoms with van der Waals surface area (Å²) in [4.78, 5) is 10.9. The maximum absolute atomic E-state index is 10.9. The maximum Gasteiger partial charge on any atom is 0.233 e. The van der Waals surface area contributed by atoms with Gasteiger partial charge in [0.2, 0.25) is 5.91 Å². The third-order valence-electron chi connectivity index (χ3n) is 1.31. The van der Waals surface area contributed by atoms with Crippen LogP contribution in [-0.4, -0.2) is 25.0 Å². The maximum atomic E-state index is 10.9. The van der Waals surface area contributed by atoms with Crippen molar-refractivity contribution in [2.75, 3.05) is 13.1 Å². The van der Waals surface area contributed by atoms with E-state index in [0.717, 1.165) is 0 Å². The fourth-order valence-corrected chi connectivity index (χ4v) is 0.597. The fourth-order valence-electron chi connectivity index (χ4n) is 0.597. The molecule has 1 amide bonds. The van der Waals surface area contributed by atoms with Crippen molar-refractivity contribution in [3.05, 3.63) is 12.7 Å². The van der Waals surface area contributed by atoms with E-state index in [0.29, 0.717) is 13.1 Å². The summed E-state index contributed by atoms with van der Waals surface area (Å²) in [7, 11) is 0. The van der Waals surface area contributed by atoms with E-state index in [9.17, 15) is 4.79 Å². The zero-order chi connectivity index (χ0) is 8.69. The van der Waals surface area contributed by atoms with Gasteiger partial charge >= 0.3 is 0 Å². The average molecular weight is 156 g/mol. The van der Waals surface area contributed by atoms with Gasteiger partial charge in [-0.3, -0.25) is 4.79 Å². The van der Waals surface area contributed by atoms with E-state index >= 15 is 0 Å². The van der Waals surface area contributed by atoms with E-state index in [2.05, 4.69) is 17.2 Å². The summed E-state index contributed by atoms with van der Waals surface area (Å²) < 4.78 is 0. The van der Waals surface area contributed by atoms with Crippen LogP contribution in [0.3, 0.4) is 0 Å². The quantitative estimate of drug-likeness (QED) is 0.562. The number of hydrogen-bond acceptors (Lipinski definition) is 2. The van der Waals surface area contributed by atoms with Crippen molar-refractivity contribution < 1.29 is 4.79 Å². The molecule has 0 heterocycles. The number of carbonyl (C=O) groups is 1. The molecule has 1 atom stereocenters. The Morgan fingerprint density at radius 2 is 2.36 bits per heavy atom. The van der Waals surface area contributed by atoms with Crippen LogP contribution in [0.15, 0.2) is 12.7 Å². The summed E-state index contributed by atoms with van der Waals surface area (Å²) in [5.74, 6) is 0.0289. The van der Waals surface area contributed by atoms with Crippen molar-refractivity contribution in [3.8, 4) is 0 Å². The molecule has 0 bridgehead atoms. The van der Waals surface area contributed by atoms with Crippen LogP contribution in [0.2, 0.25) is 0 Å². The molecule has 3 nitrogen and oxygen atoms in total. The zero-order valence-electron chi connectivity index (χ0n) is 7.18. The number of rotatable bonds is 5. The van der Waals surface area contributed by atoms with E-state index in [1.807, 2.05) is 13.8 Å². The molecule has 64 valence electrons. The molecule has 0 aliphatic rings. The first kappa shape index (κ1) is 10.2. The monoisotopic (exact) mass is 156 g/mol. The first-order chi connectivity index (χ1) is 5.20. The van der Waals surface area contributed by atoms with Gasteiger partial charge in [-0.25, -0.2) is 0 Å². The van der Waals surface area contributed by atoms with Gasteiger partial charge in [-0.05, 0) is 13.8 Å². The average Bonchev–Trinajstić information content (AvgIpc) is 2.01. The van der Waals surface area contributed by atoms with Gasteiger partial charge in [0.1, 0.15) is 0 Å². The predicted octanol–water partition coefficient (Wildman–Crippen LogP) is 0.287. The molecule has 0 aliphatic carbocycles. The summed E-state index contributed by atoms with van der Waals surface area (Å²) in [6.07, 6.45) is 1.76. The normalized spacial score (nSPS) is 12.2. The van der Waals surface area contributed by atoms with Crippen LogP contribution in [0.4, 0.5) is 0 Å². The lowest BCUT2D eigenvalue weighted by atomic mass is 10.3. The molecule has 1 unspecified atom stereocenters.